The van der Waals surface area contributed by atoms with Crippen LogP contribution in [0.25, 0.3) is 6.08 Å². The fraction of sp³-hybridized carbons (Fsp3) is 0.438. The molecule has 4 heteroatoms. The van der Waals surface area contributed by atoms with Crippen LogP contribution in [0.2, 0.25) is 0 Å². The van der Waals surface area contributed by atoms with Gasteiger partial charge in [-0.1, -0.05) is 24.6 Å². The first-order valence-corrected chi connectivity index (χ1v) is 7.04. The van der Waals surface area contributed by atoms with E-state index in [4.69, 9.17) is 4.74 Å². The molecule has 1 amide bonds. The predicted octanol–water partition coefficient (Wildman–Crippen LogP) is 1.74. The number of hydrogen-bond donors (Lipinski definition) is 2. The molecule has 0 bridgehead atoms. The summed E-state index contributed by atoms with van der Waals surface area (Å²) in [5, 5.41) is 12.3. The van der Waals surface area contributed by atoms with Crippen molar-refractivity contribution in [2.24, 2.45) is 5.41 Å². The summed E-state index contributed by atoms with van der Waals surface area (Å²) in [6.07, 6.45) is 4.99. The monoisotopic (exact) mass is 273 g/mol. The van der Waals surface area contributed by atoms with E-state index in [2.05, 4.69) is 5.32 Å². The van der Waals surface area contributed by atoms with Crippen molar-refractivity contribution in [3.8, 4) is 5.75 Å². The Morgan fingerprint density at radius 2 is 2.15 bits per heavy atom. The number of amides is 1. The predicted molar refractivity (Wildman–Crippen MR) is 76.3 cm³/mol. The van der Waals surface area contributed by atoms with Gasteiger partial charge in [0.2, 0.25) is 0 Å². The first kappa shape index (κ1) is 13.2. The molecular weight excluding hydrogens is 254 g/mol. The number of carbonyl (C=O) groups is 1. The highest BCUT2D eigenvalue weighted by Gasteiger charge is 2.36. The van der Waals surface area contributed by atoms with Crippen LogP contribution in [0.1, 0.15) is 24.8 Å². The minimum absolute atomic E-state index is 0.0936. The quantitative estimate of drug-likeness (QED) is 0.878. The van der Waals surface area contributed by atoms with Gasteiger partial charge in [0, 0.05) is 17.5 Å². The lowest BCUT2D eigenvalue weighted by atomic mass is 9.69. The summed E-state index contributed by atoms with van der Waals surface area (Å²) in [6, 6.07) is 7.67. The largest absolute Gasteiger partial charge is 0.488 e. The van der Waals surface area contributed by atoms with Crippen LogP contribution < -0.4 is 10.1 Å². The van der Waals surface area contributed by atoms with Crippen molar-refractivity contribution in [2.45, 2.75) is 19.3 Å². The maximum absolute atomic E-state index is 12.2. The maximum atomic E-state index is 12.2. The Bertz CT molecular complexity index is 541. The molecule has 1 heterocycles. The van der Waals surface area contributed by atoms with Crippen molar-refractivity contribution in [2.75, 3.05) is 19.8 Å². The number of para-hydroxylation sites is 1. The molecule has 0 aromatic heterocycles. The molecule has 1 saturated carbocycles. The van der Waals surface area contributed by atoms with Crippen LogP contribution in [0.15, 0.2) is 29.8 Å². The van der Waals surface area contributed by atoms with Gasteiger partial charge in [-0.15, -0.1) is 0 Å². The van der Waals surface area contributed by atoms with Crippen molar-refractivity contribution < 1.29 is 14.6 Å². The van der Waals surface area contributed by atoms with Gasteiger partial charge in [-0.2, -0.15) is 0 Å². The molecule has 2 aliphatic rings. The van der Waals surface area contributed by atoms with E-state index >= 15 is 0 Å². The van der Waals surface area contributed by atoms with Crippen molar-refractivity contribution >= 4 is 12.0 Å². The lowest BCUT2D eigenvalue weighted by Gasteiger charge is -2.40. The zero-order valence-electron chi connectivity index (χ0n) is 11.4. The van der Waals surface area contributed by atoms with E-state index in [0.29, 0.717) is 18.7 Å². The molecule has 0 unspecified atom stereocenters. The number of fused-ring (bicyclic) bond motifs is 1. The Hall–Kier alpha value is -1.81. The first-order valence-electron chi connectivity index (χ1n) is 7.04. The molecule has 0 saturated heterocycles. The maximum Gasteiger partial charge on any atom is 0.250 e. The molecule has 0 radical (unpaired) electrons. The summed E-state index contributed by atoms with van der Waals surface area (Å²) >= 11 is 0. The zero-order valence-corrected chi connectivity index (χ0v) is 11.4. The van der Waals surface area contributed by atoms with Gasteiger partial charge in [-0.05, 0) is 25.0 Å². The molecule has 1 fully saturated rings. The molecule has 1 aliphatic carbocycles. The summed E-state index contributed by atoms with van der Waals surface area (Å²) in [5.74, 6) is 0.717. The Morgan fingerprint density at radius 3 is 2.85 bits per heavy atom. The Labute approximate surface area is 118 Å². The lowest BCUT2D eigenvalue weighted by molar-refractivity contribution is -0.118. The molecule has 1 aromatic rings. The zero-order chi connectivity index (χ0) is 14.0. The minimum atomic E-state index is -0.0979. The Morgan fingerprint density at radius 1 is 1.35 bits per heavy atom. The van der Waals surface area contributed by atoms with Crippen molar-refractivity contribution in [3.63, 3.8) is 0 Å². The highest BCUT2D eigenvalue weighted by atomic mass is 16.5. The highest BCUT2D eigenvalue weighted by Crippen LogP contribution is 2.39. The third kappa shape index (κ3) is 2.43. The molecule has 106 valence electrons. The third-order valence-corrected chi connectivity index (χ3v) is 4.30. The molecule has 1 aromatic carbocycles. The minimum Gasteiger partial charge on any atom is -0.488 e. The molecule has 4 nitrogen and oxygen atoms in total. The number of benzene rings is 1. The Kier molecular flexibility index (Phi) is 3.49. The smallest absolute Gasteiger partial charge is 0.250 e. The molecule has 20 heavy (non-hydrogen) atoms. The summed E-state index contributed by atoms with van der Waals surface area (Å²) in [5.41, 5.74) is 1.48. The van der Waals surface area contributed by atoms with E-state index in [1.54, 1.807) is 0 Å². The average molecular weight is 273 g/mol. The van der Waals surface area contributed by atoms with Gasteiger partial charge in [-0.25, -0.2) is 0 Å². The summed E-state index contributed by atoms with van der Waals surface area (Å²) in [4.78, 5) is 12.2. The first-order chi connectivity index (χ1) is 9.72. The second-order valence-corrected chi connectivity index (χ2v) is 5.69. The van der Waals surface area contributed by atoms with Gasteiger partial charge < -0.3 is 15.2 Å². The van der Waals surface area contributed by atoms with Gasteiger partial charge in [0.15, 0.2) is 0 Å². The molecule has 1 aliphatic heterocycles. The Balaban J connectivity index is 1.65. The highest BCUT2D eigenvalue weighted by molar-refractivity contribution is 5.99. The summed E-state index contributed by atoms with van der Waals surface area (Å²) < 4.78 is 5.58. The standard InChI is InChI=1S/C16H19NO3/c18-11-16(6-3-7-16)10-17-15(19)13-8-12-4-1-2-5-14(12)20-9-13/h1-2,4-5,8,18H,3,6-7,9-11H2,(H,17,19). The molecule has 0 spiro atoms. The van der Waals surface area contributed by atoms with Crippen LogP contribution in [0.4, 0.5) is 0 Å². The van der Waals surface area contributed by atoms with Gasteiger partial charge >= 0.3 is 0 Å². The lowest BCUT2D eigenvalue weighted by Crippen LogP contribution is -2.45. The molecule has 0 atom stereocenters. The van der Waals surface area contributed by atoms with E-state index in [1.807, 2.05) is 30.3 Å². The van der Waals surface area contributed by atoms with E-state index in [1.165, 1.54) is 0 Å². The fourth-order valence-electron chi connectivity index (χ4n) is 2.70. The summed E-state index contributed by atoms with van der Waals surface area (Å²) in [6.45, 7) is 0.988. The van der Waals surface area contributed by atoms with Crippen LogP contribution in [0.3, 0.4) is 0 Å². The number of rotatable bonds is 4. The van der Waals surface area contributed by atoms with E-state index < -0.39 is 0 Å². The topological polar surface area (TPSA) is 58.6 Å². The second kappa shape index (κ2) is 5.29. The fourth-order valence-corrected chi connectivity index (χ4v) is 2.70. The molecule has 3 rings (SSSR count). The number of aliphatic hydroxyl groups excluding tert-OH is 1. The average Bonchev–Trinajstić information content (AvgIpc) is 2.46. The van der Waals surface area contributed by atoms with Crippen LogP contribution >= 0.6 is 0 Å². The number of ether oxygens (including phenoxy) is 1. The van der Waals surface area contributed by atoms with E-state index in [-0.39, 0.29) is 17.9 Å². The molecular formula is C16H19NO3. The number of carbonyl (C=O) groups excluding carboxylic acids is 1. The number of hydrogen-bond acceptors (Lipinski definition) is 3. The third-order valence-electron chi connectivity index (χ3n) is 4.30. The van der Waals surface area contributed by atoms with Crippen LogP contribution in [0.5, 0.6) is 5.75 Å². The van der Waals surface area contributed by atoms with Crippen molar-refractivity contribution in [3.05, 3.63) is 35.4 Å². The van der Waals surface area contributed by atoms with E-state index in [0.717, 1.165) is 30.6 Å². The number of nitrogens with one attached hydrogen (secondary N) is 1. The number of aliphatic hydroxyl groups is 1. The van der Waals surface area contributed by atoms with E-state index in [9.17, 15) is 9.90 Å². The van der Waals surface area contributed by atoms with Crippen LogP contribution in [-0.2, 0) is 4.79 Å². The van der Waals surface area contributed by atoms with Crippen LogP contribution in [-0.4, -0.2) is 30.8 Å². The van der Waals surface area contributed by atoms with Gasteiger partial charge in [-0.3, -0.25) is 4.79 Å². The molecule has 2 N–H and O–H groups in total. The van der Waals surface area contributed by atoms with Crippen LogP contribution in [0, 0.1) is 5.41 Å². The summed E-state index contributed by atoms with van der Waals surface area (Å²) in [7, 11) is 0. The van der Waals surface area contributed by atoms with Gasteiger partial charge in [0.1, 0.15) is 12.4 Å². The van der Waals surface area contributed by atoms with Gasteiger partial charge in [0.05, 0.1) is 12.2 Å². The normalized spacial score (nSPS) is 19.1. The SMILES string of the molecule is O=C(NCC1(CO)CCC1)C1=Cc2ccccc2OC1. The van der Waals surface area contributed by atoms with Crippen molar-refractivity contribution in [1.29, 1.82) is 0 Å². The van der Waals surface area contributed by atoms with Gasteiger partial charge in [0.25, 0.3) is 5.91 Å². The second-order valence-electron chi connectivity index (χ2n) is 5.69. The van der Waals surface area contributed by atoms with Crippen molar-refractivity contribution in [1.82, 2.24) is 5.32 Å².